The molecule has 1 aliphatic heterocycles. The fraction of sp³-hybridized carbons (Fsp3) is 0.300. The smallest absolute Gasteiger partial charge is 0.227 e. The number of aryl methyl sites for hydroxylation is 2. The van der Waals surface area contributed by atoms with Crippen LogP contribution in [-0.4, -0.2) is 18.4 Å². The predicted octanol–water partition coefficient (Wildman–Crippen LogP) is 3.69. The van der Waals surface area contributed by atoms with Crippen LogP contribution in [0.3, 0.4) is 0 Å². The Kier molecular flexibility index (Phi) is 4.94. The van der Waals surface area contributed by atoms with Crippen molar-refractivity contribution < 1.29 is 9.59 Å². The van der Waals surface area contributed by atoms with Gasteiger partial charge in [-0.2, -0.15) is 0 Å². The van der Waals surface area contributed by atoms with E-state index in [-0.39, 0.29) is 11.8 Å². The van der Waals surface area contributed by atoms with E-state index in [1.807, 2.05) is 36.4 Å². The highest BCUT2D eigenvalue weighted by atomic mass is 16.2. The number of hydrogen-bond acceptors (Lipinski definition) is 2. The molecule has 1 heterocycles. The van der Waals surface area contributed by atoms with Gasteiger partial charge in [0.2, 0.25) is 11.8 Å². The monoisotopic (exact) mass is 322 g/mol. The number of nitrogens with zero attached hydrogens (tertiary/aromatic N) is 1. The lowest BCUT2D eigenvalue weighted by molar-refractivity contribution is -0.117. The Hall–Kier alpha value is -2.62. The molecule has 1 aliphatic rings. The first-order chi connectivity index (χ1) is 11.6. The molecule has 2 amide bonds. The minimum Gasteiger partial charge on any atom is -0.326 e. The maximum atomic E-state index is 12.2. The van der Waals surface area contributed by atoms with Gasteiger partial charge in [0, 0.05) is 30.8 Å². The van der Waals surface area contributed by atoms with Crippen LogP contribution >= 0.6 is 0 Å². The van der Waals surface area contributed by atoms with E-state index in [9.17, 15) is 9.59 Å². The number of carbonyl (C=O) groups excluding carboxylic acids is 2. The van der Waals surface area contributed by atoms with Crippen molar-refractivity contribution in [2.75, 3.05) is 16.8 Å². The zero-order chi connectivity index (χ0) is 16.9. The fourth-order valence-corrected chi connectivity index (χ4v) is 3.02. The molecule has 0 bridgehead atoms. The predicted molar refractivity (Wildman–Crippen MR) is 96.2 cm³/mol. The van der Waals surface area contributed by atoms with Crippen LogP contribution in [0, 0.1) is 6.92 Å². The van der Waals surface area contributed by atoms with Crippen LogP contribution in [0.4, 0.5) is 11.4 Å². The molecule has 0 radical (unpaired) electrons. The Labute approximate surface area is 142 Å². The fourth-order valence-electron chi connectivity index (χ4n) is 3.02. The van der Waals surface area contributed by atoms with E-state index in [4.69, 9.17) is 0 Å². The van der Waals surface area contributed by atoms with Gasteiger partial charge in [-0.15, -0.1) is 0 Å². The molecule has 0 saturated carbocycles. The molecule has 2 aromatic rings. The van der Waals surface area contributed by atoms with Crippen molar-refractivity contribution in [2.45, 2.75) is 32.6 Å². The summed E-state index contributed by atoms with van der Waals surface area (Å²) in [4.78, 5) is 25.8. The second-order valence-corrected chi connectivity index (χ2v) is 6.24. The quantitative estimate of drug-likeness (QED) is 0.912. The van der Waals surface area contributed by atoms with Gasteiger partial charge in [-0.3, -0.25) is 9.59 Å². The van der Waals surface area contributed by atoms with Gasteiger partial charge in [-0.25, -0.2) is 0 Å². The highest BCUT2D eigenvalue weighted by Gasteiger charge is 2.21. The zero-order valence-corrected chi connectivity index (χ0v) is 13.9. The lowest BCUT2D eigenvalue weighted by Gasteiger charge is -2.16. The van der Waals surface area contributed by atoms with Crippen LogP contribution in [-0.2, 0) is 16.0 Å². The van der Waals surface area contributed by atoms with Crippen LogP contribution in [0.2, 0.25) is 0 Å². The minimum atomic E-state index is -0.0126. The molecule has 0 unspecified atom stereocenters. The summed E-state index contributed by atoms with van der Waals surface area (Å²) in [6.45, 7) is 2.80. The van der Waals surface area contributed by atoms with E-state index in [0.717, 1.165) is 30.8 Å². The molecule has 3 rings (SSSR count). The average Bonchev–Trinajstić information content (AvgIpc) is 2.99. The molecule has 0 aromatic heterocycles. The number of hydrogen-bond donors (Lipinski definition) is 1. The van der Waals surface area contributed by atoms with E-state index in [2.05, 4.69) is 24.4 Å². The summed E-state index contributed by atoms with van der Waals surface area (Å²) >= 11 is 0. The van der Waals surface area contributed by atoms with Crippen molar-refractivity contribution in [3.05, 3.63) is 59.7 Å². The second kappa shape index (κ2) is 7.30. The Balaban J connectivity index is 1.59. The normalized spacial score (nSPS) is 14.0. The van der Waals surface area contributed by atoms with E-state index in [1.165, 1.54) is 11.1 Å². The lowest BCUT2D eigenvalue weighted by Crippen LogP contribution is -2.23. The third kappa shape index (κ3) is 4.02. The van der Waals surface area contributed by atoms with Gasteiger partial charge in [-0.05, 0) is 43.5 Å². The van der Waals surface area contributed by atoms with Gasteiger partial charge in [-0.1, -0.05) is 35.9 Å². The van der Waals surface area contributed by atoms with Crippen LogP contribution in [0.15, 0.2) is 48.5 Å². The molecule has 2 aromatic carbocycles. The lowest BCUT2D eigenvalue weighted by atomic mass is 10.1. The second-order valence-electron chi connectivity index (χ2n) is 6.24. The molecular formula is C20H22N2O2. The average molecular weight is 322 g/mol. The summed E-state index contributed by atoms with van der Waals surface area (Å²) in [6, 6.07) is 15.7. The molecule has 0 aliphatic carbocycles. The maximum Gasteiger partial charge on any atom is 0.227 e. The van der Waals surface area contributed by atoms with Crippen molar-refractivity contribution >= 4 is 23.2 Å². The molecule has 124 valence electrons. The van der Waals surface area contributed by atoms with Crippen molar-refractivity contribution in [2.24, 2.45) is 0 Å². The highest BCUT2D eigenvalue weighted by Crippen LogP contribution is 2.24. The summed E-state index contributed by atoms with van der Waals surface area (Å²) < 4.78 is 0. The Bertz CT molecular complexity index is 755. The molecule has 1 saturated heterocycles. The van der Waals surface area contributed by atoms with Crippen molar-refractivity contribution in [1.29, 1.82) is 0 Å². The van der Waals surface area contributed by atoms with Gasteiger partial charge in [0.05, 0.1) is 0 Å². The molecule has 24 heavy (non-hydrogen) atoms. The number of amides is 2. The number of carbonyl (C=O) groups is 2. The summed E-state index contributed by atoms with van der Waals surface area (Å²) in [5.41, 5.74) is 3.97. The molecule has 4 heteroatoms. The third-order valence-electron chi connectivity index (χ3n) is 4.24. The molecule has 0 atom stereocenters. The van der Waals surface area contributed by atoms with Gasteiger partial charge >= 0.3 is 0 Å². The Morgan fingerprint density at radius 2 is 2.00 bits per heavy atom. The molecule has 0 spiro atoms. The van der Waals surface area contributed by atoms with Gasteiger partial charge < -0.3 is 10.2 Å². The van der Waals surface area contributed by atoms with Crippen molar-refractivity contribution in [3.63, 3.8) is 0 Å². The van der Waals surface area contributed by atoms with Crippen molar-refractivity contribution in [1.82, 2.24) is 0 Å². The standard InChI is InChI=1S/C20H22N2O2/c1-15-5-2-6-16(13-15)10-11-19(23)21-17-7-3-8-18(14-17)22-12-4-9-20(22)24/h2-3,5-8,13-14H,4,9-12H2,1H3,(H,21,23). The van der Waals surface area contributed by atoms with E-state index >= 15 is 0 Å². The Morgan fingerprint density at radius 3 is 2.75 bits per heavy atom. The molecule has 4 nitrogen and oxygen atoms in total. The third-order valence-corrected chi connectivity index (χ3v) is 4.24. The van der Waals surface area contributed by atoms with Gasteiger partial charge in [0.1, 0.15) is 0 Å². The molecule has 1 fully saturated rings. The van der Waals surface area contributed by atoms with Gasteiger partial charge in [0.25, 0.3) is 0 Å². The highest BCUT2D eigenvalue weighted by molar-refractivity contribution is 5.97. The summed E-state index contributed by atoms with van der Waals surface area (Å²) in [5, 5.41) is 2.93. The number of rotatable bonds is 5. The van der Waals surface area contributed by atoms with E-state index < -0.39 is 0 Å². The Morgan fingerprint density at radius 1 is 1.17 bits per heavy atom. The van der Waals surface area contributed by atoms with Gasteiger partial charge in [0.15, 0.2) is 0 Å². The van der Waals surface area contributed by atoms with Crippen LogP contribution in [0.25, 0.3) is 0 Å². The summed E-state index contributed by atoms with van der Waals surface area (Å²) in [5.74, 6) is 0.138. The van der Waals surface area contributed by atoms with E-state index in [0.29, 0.717) is 12.8 Å². The zero-order valence-electron chi connectivity index (χ0n) is 13.9. The number of benzene rings is 2. The SMILES string of the molecule is Cc1cccc(CCC(=O)Nc2cccc(N3CCCC3=O)c2)c1. The number of nitrogens with one attached hydrogen (secondary N) is 1. The van der Waals surface area contributed by atoms with Crippen LogP contribution < -0.4 is 10.2 Å². The molecule has 1 N–H and O–H groups in total. The number of anilines is 2. The minimum absolute atomic E-state index is 0.0126. The first-order valence-electron chi connectivity index (χ1n) is 8.38. The molecular weight excluding hydrogens is 300 g/mol. The van der Waals surface area contributed by atoms with Crippen molar-refractivity contribution in [3.8, 4) is 0 Å². The summed E-state index contributed by atoms with van der Waals surface area (Å²) in [7, 11) is 0. The largest absolute Gasteiger partial charge is 0.326 e. The first-order valence-corrected chi connectivity index (χ1v) is 8.38. The van der Waals surface area contributed by atoms with Crippen LogP contribution in [0.5, 0.6) is 0 Å². The van der Waals surface area contributed by atoms with Crippen LogP contribution in [0.1, 0.15) is 30.4 Å². The maximum absolute atomic E-state index is 12.2. The summed E-state index contributed by atoms with van der Waals surface area (Å²) in [6.07, 6.45) is 2.66. The first kappa shape index (κ1) is 16.2. The van der Waals surface area contributed by atoms with E-state index in [1.54, 1.807) is 4.90 Å². The topological polar surface area (TPSA) is 49.4 Å².